The van der Waals surface area contributed by atoms with E-state index >= 15 is 0 Å². The number of hydrogen-bond donors (Lipinski definition) is 1. The van der Waals surface area contributed by atoms with Crippen LogP contribution in [0.2, 0.25) is 0 Å². The Bertz CT molecular complexity index is 543. The highest BCUT2D eigenvalue weighted by molar-refractivity contribution is 9.10. The van der Waals surface area contributed by atoms with Crippen LogP contribution in [0.4, 0.5) is 0 Å². The van der Waals surface area contributed by atoms with Gasteiger partial charge in [-0.25, -0.2) is 13.1 Å². The van der Waals surface area contributed by atoms with Gasteiger partial charge in [0.05, 0.1) is 16.0 Å². The van der Waals surface area contributed by atoms with Crippen molar-refractivity contribution in [1.82, 2.24) is 4.72 Å². The number of nitrogens with one attached hydrogen (secondary N) is 1. The summed E-state index contributed by atoms with van der Waals surface area (Å²) in [5.74, 6) is 0.544. The molecule has 0 spiro atoms. The van der Waals surface area contributed by atoms with Crippen LogP contribution in [0.25, 0.3) is 0 Å². The molecule has 0 fully saturated rings. The molecule has 0 heterocycles. The van der Waals surface area contributed by atoms with Gasteiger partial charge in [-0.05, 0) is 34.5 Å². The molecular weight excluding hydrogens is 342 g/mol. The Morgan fingerprint density at radius 2 is 2.15 bits per heavy atom. The van der Waals surface area contributed by atoms with Gasteiger partial charge in [0.2, 0.25) is 10.0 Å². The number of benzene rings is 1. The molecule has 0 bridgehead atoms. The maximum absolute atomic E-state index is 12.0. The van der Waals surface area contributed by atoms with E-state index in [1.54, 1.807) is 6.07 Å². The molecule has 1 rings (SSSR count). The normalized spacial score (nSPS) is 11.3. The molecule has 4 nitrogen and oxygen atoms in total. The van der Waals surface area contributed by atoms with E-state index in [2.05, 4.69) is 34.2 Å². The summed E-state index contributed by atoms with van der Waals surface area (Å²) >= 11 is 3.36. The third-order valence-electron chi connectivity index (χ3n) is 2.64. The second-order valence-corrected chi connectivity index (χ2v) is 6.91. The molecule has 0 amide bonds. The minimum atomic E-state index is -3.52. The standard InChI is InChI=1S/C14H20BrNO3S/c1-3-5-6-10-19-14-11-12(7-8-13(14)15)20(17,18)16-9-4-2/h4,7-8,11,16H,2-3,5-6,9-10H2,1H3. The van der Waals surface area contributed by atoms with Gasteiger partial charge >= 0.3 is 0 Å². The second kappa shape index (κ2) is 8.44. The molecule has 112 valence electrons. The molecule has 6 heteroatoms. The van der Waals surface area contributed by atoms with Crippen LogP contribution in [0.1, 0.15) is 26.2 Å². The Morgan fingerprint density at radius 3 is 2.80 bits per heavy atom. The zero-order valence-electron chi connectivity index (χ0n) is 11.6. The zero-order chi connectivity index (χ0) is 15.0. The molecule has 0 aromatic heterocycles. The molecule has 20 heavy (non-hydrogen) atoms. The first-order chi connectivity index (χ1) is 9.51. The van der Waals surface area contributed by atoms with Gasteiger partial charge in [0.1, 0.15) is 5.75 Å². The lowest BCUT2D eigenvalue weighted by atomic mass is 10.3. The van der Waals surface area contributed by atoms with Crippen LogP contribution in [-0.4, -0.2) is 21.6 Å². The smallest absolute Gasteiger partial charge is 0.240 e. The summed E-state index contributed by atoms with van der Waals surface area (Å²) in [6, 6.07) is 4.74. The minimum absolute atomic E-state index is 0.188. The van der Waals surface area contributed by atoms with Crippen LogP contribution in [0.3, 0.4) is 0 Å². The fourth-order valence-electron chi connectivity index (χ4n) is 1.55. The van der Waals surface area contributed by atoms with Crippen molar-refractivity contribution in [1.29, 1.82) is 0 Å². The summed E-state index contributed by atoms with van der Waals surface area (Å²) in [6.45, 7) is 6.39. The lowest BCUT2D eigenvalue weighted by Gasteiger charge is -2.10. The predicted molar refractivity (Wildman–Crippen MR) is 84.5 cm³/mol. The predicted octanol–water partition coefficient (Wildman–Crippen LogP) is 3.48. The van der Waals surface area contributed by atoms with Crippen molar-refractivity contribution in [2.45, 2.75) is 31.1 Å². The summed E-state index contributed by atoms with van der Waals surface area (Å²) < 4.78 is 32.8. The third-order valence-corrected chi connectivity index (χ3v) is 4.71. The number of sulfonamides is 1. The molecule has 0 saturated heterocycles. The van der Waals surface area contributed by atoms with E-state index in [4.69, 9.17) is 4.74 Å². The Kier molecular flexibility index (Phi) is 7.26. The van der Waals surface area contributed by atoms with Crippen molar-refractivity contribution in [3.8, 4) is 5.75 Å². The van der Waals surface area contributed by atoms with E-state index in [1.807, 2.05) is 0 Å². The summed E-state index contributed by atoms with van der Waals surface area (Å²) in [7, 11) is -3.52. The molecule has 0 saturated carbocycles. The van der Waals surface area contributed by atoms with Crippen LogP contribution in [0.15, 0.2) is 40.2 Å². The molecule has 1 aromatic rings. The van der Waals surface area contributed by atoms with Crippen molar-refractivity contribution in [3.63, 3.8) is 0 Å². The van der Waals surface area contributed by atoms with Crippen LogP contribution in [0, 0.1) is 0 Å². The van der Waals surface area contributed by atoms with Crippen molar-refractivity contribution >= 4 is 26.0 Å². The van der Waals surface area contributed by atoms with Crippen LogP contribution >= 0.6 is 15.9 Å². The van der Waals surface area contributed by atoms with Gasteiger partial charge < -0.3 is 4.74 Å². The third kappa shape index (κ3) is 5.26. The minimum Gasteiger partial charge on any atom is -0.492 e. The molecule has 0 aliphatic rings. The quantitative estimate of drug-likeness (QED) is 0.541. The SMILES string of the molecule is C=CCNS(=O)(=O)c1ccc(Br)c(OCCCCC)c1. The van der Waals surface area contributed by atoms with Crippen molar-refractivity contribution in [3.05, 3.63) is 35.3 Å². The Balaban J connectivity index is 2.82. The van der Waals surface area contributed by atoms with Crippen molar-refractivity contribution < 1.29 is 13.2 Å². The van der Waals surface area contributed by atoms with Gasteiger partial charge in [-0.2, -0.15) is 0 Å². The van der Waals surface area contributed by atoms with Crippen molar-refractivity contribution in [2.75, 3.05) is 13.2 Å². The topological polar surface area (TPSA) is 55.4 Å². The largest absolute Gasteiger partial charge is 0.492 e. The van der Waals surface area contributed by atoms with Gasteiger partial charge in [-0.15, -0.1) is 6.58 Å². The average Bonchev–Trinajstić information content (AvgIpc) is 2.43. The molecular formula is C14H20BrNO3S. The lowest BCUT2D eigenvalue weighted by molar-refractivity contribution is 0.303. The first-order valence-electron chi connectivity index (χ1n) is 6.54. The fraction of sp³-hybridized carbons (Fsp3) is 0.429. The maximum atomic E-state index is 12.0. The first kappa shape index (κ1) is 17.2. The van der Waals surface area contributed by atoms with E-state index in [0.717, 1.165) is 23.7 Å². The van der Waals surface area contributed by atoms with E-state index in [9.17, 15) is 8.42 Å². The monoisotopic (exact) mass is 361 g/mol. The Morgan fingerprint density at radius 1 is 1.40 bits per heavy atom. The van der Waals surface area contributed by atoms with E-state index in [0.29, 0.717) is 12.4 Å². The molecule has 0 aliphatic carbocycles. The highest BCUT2D eigenvalue weighted by atomic mass is 79.9. The molecule has 1 aromatic carbocycles. The molecule has 0 radical (unpaired) electrons. The van der Waals surface area contributed by atoms with Crippen molar-refractivity contribution in [2.24, 2.45) is 0 Å². The van der Waals surface area contributed by atoms with Gasteiger partial charge in [0, 0.05) is 12.6 Å². The highest BCUT2D eigenvalue weighted by Gasteiger charge is 2.15. The number of ether oxygens (including phenoxy) is 1. The average molecular weight is 362 g/mol. The molecule has 1 N–H and O–H groups in total. The summed E-state index contributed by atoms with van der Waals surface area (Å²) in [4.78, 5) is 0.188. The Labute approximate surface area is 129 Å². The second-order valence-electron chi connectivity index (χ2n) is 4.29. The first-order valence-corrected chi connectivity index (χ1v) is 8.81. The van der Waals surface area contributed by atoms with Gasteiger partial charge in [0.25, 0.3) is 0 Å². The van der Waals surface area contributed by atoms with Gasteiger partial charge in [-0.3, -0.25) is 0 Å². The summed E-state index contributed by atoms with van der Waals surface area (Å²) in [6.07, 6.45) is 4.66. The van der Waals surface area contributed by atoms with Crippen LogP contribution in [-0.2, 0) is 10.0 Å². The maximum Gasteiger partial charge on any atom is 0.240 e. The number of unbranched alkanes of at least 4 members (excludes halogenated alkanes) is 2. The molecule has 0 atom stereocenters. The summed E-state index contributed by atoms with van der Waals surface area (Å²) in [5, 5.41) is 0. The van der Waals surface area contributed by atoms with E-state index in [1.165, 1.54) is 18.2 Å². The lowest BCUT2D eigenvalue weighted by Crippen LogP contribution is -2.23. The Hall–Kier alpha value is -0.850. The van der Waals surface area contributed by atoms with E-state index in [-0.39, 0.29) is 11.4 Å². The van der Waals surface area contributed by atoms with Crippen LogP contribution < -0.4 is 9.46 Å². The summed E-state index contributed by atoms with van der Waals surface area (Å²) in [5.41, 5.74) is 0. The fourth-order valence-corrected chi connectivity index (χ4v) is 2.92. The molecule has 0 aliphatic heterocycles. The van der Waals surface area contributed by atoms with Gasteiger partial charge in [0.15, 0.2) is 0 Å². The highest BCUT2D eigenvalue weighted by Crippen LogP contribution is 2.28. The molecule has 0 unspecified atom stereocenters. The van der Waals surface area contributed by atoms with Crippen LogP contribution in [0.5, 0.6) is 5.75 Å². The van der Waals surface area contributed by atoms with E-state index < -0.39 is 10.0 Å². The number of hydrogen-bond acceptors (Lipinski definition) is 3. The van der Waals surface area contributed by atoms with Gasteiger partial charge in [-0.1, -0.05) is 25.8 Å². The number of rotatable bonds is 9. The zero-order valence-corrected chi connectivity index (χ0v) is 14.0. The number of halogens is 1.